The standard InChI is InChI=1S/C84H164O17P2/c1-8-11-12-13-14-15-16-31-36-44-51-58-65-81(86)95-72-80(101-84(89)68-61-54-47-40-39-43-50-57-64-77(7)10-3)74-99-103(92,93)97-70-78(85)69-96-102(90,91)98-73-79(71-94-82(87)66-59-52-45-37-32-27-24-23-26-30-35-42-49-56-63-76(6)9-2)100-83(88)67-60-53-46-38-33-28-22-20-18-17-19-21-25-29-34-41-48-55-62-75(4)5/h75-80,85H,8-74H2,1-7H3,(H,90,91)(H,92,93)/t76?,77?,78-,79-,80-/m1/s1. The second-order valence-electron chi connectivity index (χ2n) is 31.2. The van der Waals surface area contributed by atoms with Crippen molar-refractivity contribution in [3.05, 3.63) is 0 Å². The molecule has 0 aromatic rings. The maximum Gasteiger partial charge on any atom is 0.472 e. The van der Waals surface area contributed by atoms with Crippen molar-refractivity contribution in [2.75, 3.05) is 39.6 Å². The number of hydrogen-bond donors (Lipinski definition) is 3. The molecular formula is C84H164O17P2. The molecule has 7 atom stereocenters. The van der Waals surface area contributed by atoms with Crippen molar-refractivity contribution < 1.29 is 80.2 Å². The lowest BCUT2D eigenvalue weighted by Crippen LogP contribution is -2.30. The molecule has 0 bridgehead atoms. The van der Waals surface area contributed by atoms with E-state index in [1.165, 1.54) is 250 Å². The fourth-order valence-electron chi connectivity index (χ4n) is 13.0. The summed E-state index contributed by atoms with van der Waals surface area (Å²) in [6, 6.07) is 0. The second kappa shape index (κ2) is 74.2. The summed E-state index contributed by atoms with van der Waals surface area (Å²) < 4.78 is 68.8. The van der Waals surface area contributed by atoms with E-state index >= 15 is 0 Å². The Balaban J connectivity index is 5.24. The summed E-state index contributed by atoms with van der Waals surface area (Å²) in [7, 11) is -9.92. The third-order valence-electron chi connectivity index (χ3n) is 20.4. The number of rotatable bonds is 82. The van der Waals surface area contributed by atoms with Gasteiger partial charge in [0.2, 0.25) is 0 Å². The van der Waals surface area contributed by atoms with Crippen LogP contribution in [0.5, 0.6) is 0 Å². The fourth-order valence-corrected chi connectivity index (χ4v) is 14.5. The highest BCUT2D eigenvalue weighted by molar-refractivity contribution is 7.47. The second-order valence-corrected chi connectivity index (χ2v) is 34.1. The van der Waals surface area contributed by atoms with E-state index in [1.54, 1.807) is 0 Å². The van der Waals surface area contributed by atoms with Gasteiger partial charge < -0.3 is 33.8 Å². The maximum atomic E-state index is 13.1. The van der Waals surface area contributed by atoms with Crippen LogP contribution in [-0.4, -0.2) is 96.7 Å². The van der Waals surface area contributed by atoms with Gasteiger partial charge in [-0.1, -0.05) is 389 Å². The Morgan fingerprint density at radius 2 is 0.495 bits per heavy atom. The molecule has 0 rings (SSSR count). The molecule has 612 valence electrons. The topological polar surface area (TPSA) is 237 Å². The molecule has 0 fully saturated rings. The molecule has 17 nitrogen and oxygen atoms in total. The van der Waals surface area contributed by atoms with Gasteiger partial charge in [0.15, 0.2) is 12.2 Å². The van der Waals surface area contributed by atoms with Gasteiger partial charge in [0.1, 0.15) is 19.3 Å². The zero-order valence-corrected chi connectivity index (χ0v) is 69.6. The van der Waals surface area contributed by atoms with E-state index in [0.29, 0.717) is 25.7 Å². The minimum absolute atomic E-state index is 0.105. The summed E-state index contributed by atoms with van der Waals surface area (Å²) >= 11 is 0. The van der Waals surface area contributed by atoms with Gasteiger partial charge in [0.05, 0.1) is 26.4 Å². The van der Waals surface area contributed by atoms with E-state index < -0.39 is 97.5 Å². The van der Waals surface area contributed by atoms with Crippen LogP contribution in [0.3, 0.4) is 0 Å². The highest BCUT2D eigenvalue weighted by Crippen LogP contribution is 2.45. The summed E-state index contributed by atoms with van der Waals surface area (Å²) in [6.45, 7) is 12.0. The van der Waals surface area contributed by atoms with Gasteiger partial charge in [-0.25, -0.2) is 9.13 Å². The molecule has 19 heteroatoms. The number of carbonyl (C=O) groups excluding carboxylic acids is 4. The van der Waals surface area contributed by atoms with E-state index in [2.05, 4.69) is 48.5 Å². The molecular weight excluding hydrogens is 1340 g/mol. The van der Waals surface area contributed by atoms with Crippen LogP contribution >= 0.6 is 15.6 Å². The number of phosphoric acid groups is 2. The van der Waals surface area contributed by atoms with Gasteiger partial charge in [-0.3, -0.25) is 37.3 Å². The highest BCUT2D eigenvalue weighted by Gasteiger charge is 2.30. The molecule has 0 saturated heterocycles. The quantitative estimate of drug-likeness (QED) is 0.0222. The average Bonchev–Trinajstić information content (AvgIpc) is 0.966. The molecule has 0 aliphatic heterocycles. The Morgan fingerprint density at radius 3 is 0.738 bits per heavy atom. The third kappa shape index (κ3) is 75.3. The first-order valence-electron chi connectivity index (χ1n) is 43.4. The lowest BCUT2D eigenvalue weighted by molar-refractivity contribution is -0.161. The van der Waals surface area contributed by atoms with Crippen LogP contribution in [0, 0.1) is 17.8 Å². The molecule has 0 saturated carbocycles. The fraction of sp³-hybridized carbons (Fsp3) is 0.952. The van der Waals surface area contributed by atoms with Crippen LogP contribution < -0.4 is 0 Å². The molecule has 0 radical (unpaired) electrons. The van der Waals surface area contributed by atoms with Crippen LogP contribution in [0.1, 0.15) is 440 Å². The number of aliphatic hydroxyl groups excluding tert-OH is 1. The normalized spacial score (nSPS) is 14.4. The molecule has 0 amide bonds. The summed E-state index contributed by atoms with van der Waals surface area (Å²) in [5, 5.41) is 10.7. The Morgan fingerprint density at radius 1 is 0.282 bits per heavy atom. The SMILES string of the molecule is CCCCCCCCCCCCCCC(=O)OC[C@H](COP(=O)(O)OC[C@H](O)COP(=O)(O)OC[C@@H](COC(=O)CCCCCCCCCCCCCCCCC(C)CC)OC(=O)CCCCCCCCCCCCCCCCCCCCC(C)C)OC(=O)CCCCCCCCCCC(C)CC. The van der Waals surface area contributed by atoms with E-state index in [4.69, 9.17) is 37.0 Å². The lowest BCUT2D eigenvalue weighted by Gasteiger charge is -2.21. The molecule has 0 heterocycles. The monoisotopic (exact) mass is 1510 g/mol. The van der Waals surface area contributed by atoms with Crippen LogP contribution in [0.25, 0.3) is 0 Å². The molecule has 0 spiro atoms. The Hall–Kier alpha value is -1.94. The number of aliphatic hydroxyl groups is 1. The summed E-state index contributed by atoms with van der Waals surface area (Å²) in [5.74, 6) is 0.332. The summed E-state index contributed by atoms with van der Waals surface area (Å²) in [6.07, 6.45) is 63.7. The molecule has 0 aromatic carbocycles. The van der Waals surface area contributed by atoms with E-state index in [-0.39, 0.29) is 25.7 Å². The molecule has 0 aromatic heterocycles. The predicted molar refractivity (Wildman–Crippen MR) is 423 cm³/mol. The zero-order chi connectivity index (χ0) is 75.8. The van der Waals surface area contributed by atoms with Gasteiger partial charge >= 0.3 is 39.5 Å². The number of unbranched alkanes of at least 4 members (excludes halogenated alkanes) is 48. The first-order valence-corrected chi connectivity index (χ1v) is 46.4. The van der Waals surface area contributed by atoms with Crippen molar-refractivity contribution in [3.63, 3.8) is 0 Å². The van der Waals surface area contributed by atoms with E-state index in [1.807, 2.05) is 0 Å². The van der Waals surface area contributed by atoms with Crippen LogP contribution in [0.15, 0.2) is 0 Å². The van der Waals surface area contributed by atoms with Crippen molar-refractivity contribution in [2.24, 2.45) is 17.8 Å². The Labute approximate surface area is 632 Å². The van der Waals surface area contributed by atoms with Gasteiger partial charge in [-0.2, -0.15) is 0 Å². The first kappa shape index (κ1) is 101. The predicted octanol–water partition coefficient (Wildman–Crippen LogP) is 25.3. The summed E-state index contributed by atoms with van der Waals surface area (Å²) in [4.78, 5) is 73.1. The molecule has 0 aliphatic carbocycles. The zero-order valence-electron chi connectivity index (χ0n) is 67.8. The van der Waals surface area contributed by atoms with Crippen molar-refractivity contribution in [2.45, 2.75) is 458 Å². The minimum Gasteiger partial charge on any atom is -0.462 e. The van der Waals surface area contributed by atoms with Crippen LogP contribution in [0.4, 0.5) is 0 Å². The number of esters is 4. The van der Waals surface area contributed by atoms with Gasteiger partial charge in [0, 0.05) is 25.7 Å². The van der Waals surface area contributed by atoms with Crippen molar-refractivity contribution in [1.29, 1.82) is 0 Å². The summed E-state index contributed by atoms with van der Waals surface area (Å²) in [5.41, 5.74) is 0. The third-order valence-corrected chi connectivity index (χ3v) is 22.3. The van der Waals surface area contributed by atoms with Crippen LogP contribution in [0.2, 0.25) is 0 Å². The number of carbonyl (C=O) groups is 4. The largest absolute Gasteiger partial charge is 0.472 e. The van der Waals surface area contributed by atoms with Crippen molar-refractivity contribution >= 4 is 39.5 Å². The van der Waals surface area contributed by atoms with E-state index in [9.17, 15) is 43.2 Å². The highest BCUT2D eigenvalue weighted by atomic mass is 31.2. The Kier molecular flexibility index (Phi) is 72.8. The number of ether oxygens (including phenoxy) is 4. The van der Waals surface area contributed by atoms with Gasteiger partial charge in [-0.05, 0) is 43.4 Å². The molecule has 3 N–H and O–H groups in total. The van der Waals surface area contributed by atoms with Gasteiger partial charge in [0.25, 0.3) is 0 Å². The Bertz CT molecular complexity index is 2000. The smallest absolute Gasteiger partial charge is 0.462 e. The van der Waals surface area contributed by atoms with Crippen molar-refractivity contribution in [3.8, 4) is 0 Å². The maximum absolute atomic E-state index is 13.1. The lowest BCUT2D eigenvalue weighted by atomic mass is 9.99. The van der Waals surface area contributed by atoms with E-state index in [0.717, 1.165) is 108 Å². The molecule has 4 unspecified atom stereocenters. The number of phosphoric ester groups is 2. The van der Waals surface area contributed by atoms with Crippen LogP contribution in [-0.2, 0) is 65.4 Å². The van der Waals surface area contributed by atoms with Gasteiger partial charge in [-0.15, -0.1) is 0 Å². The van der Waals surface area contributed by atoms with Crippen molar-refractivity contribution in [1.82, 2.24) is 0 Å². The first-order chi connectivity index (χ1) is 49.8. The minimum atomic E-state index is -4.97. The molecule has 103 heavy (non-hydrogen) atoms. The average molecular weight is 1510 g/mol. The number of hydrogen-bond acceptors (Lipinski definition) is 15. The molecule has 0 aliphatic rings.